The summed E-state index contributed by atoms with van der Waals surface area (Å²) in [6.07, 6.45) is 8.26. The van der Waals surface area contributed by atoms with Crippen molar-refractivity contribution >= 4 is 45.0 Å². The third kappa shape index (κ3) is 3.88. The minimum absolute atomic E-state index is 0.0675. The predicted octanol–water partition coefficient (Wildman–Crippen LogP) is 6.34. The topological polar surface area (TPSA) is 112 Å². The van der Waals surface area contributed by atoms with E-state index in [1.54, 1.807) is 29.9 Å². The first-order valence-electron chi connectivity index (χ1n) is 12.3. The number of rotatable bonds is 5. The number of pyridine rings is 2. The molecule has 0 aliphatic heterocycles. The van der Waals surface area contributed by atoms with Gasteiger partial charge in [0.25, 0.3) is 0 Å². The maximum absolute atomic E-state index is 12.4. The molecule has 1 aromatic carbocycles. The fraction of sp³-hybridized carbons (Fsp3) is 0.179. The van der Waals surface area contributed by atoms with Crippen LogP contribution in [0.2, 0.25) is 0 Å². The first-order chi connectivity index (χ1) is 18.1. The molecule has 5 heterocycles. The molecule has 1 amide bonds. The van der Waals surface area contributed by atoms with E-state index in [0.29, 0.717) is 17.2 Å². The second-order valence-corrected chi connectivity index (χ2v) is 10.8. The van der Waals surface area contributed by atoms with Crippen LogP contribution >= 0.6 is 11.3 Å². The van der Waals surface area contributed by atoms with E-state index in [4.69, 9.17) is 4.98 Å². The van der Waals surface area contributed by atoms with Crippen LogP contribution in [0.5, 0.6) is 0 Å². The average Bonchev–Trinajstić information content (AvgIpc) is 3.60. The number of thiophene rings is 1. The molecule has 1 aliphatic rings. The van der Waals surface area contributed by atoms with Crippen molar-refractivity contribution in [1.82, 2.24) is 30.1 Å². The number of fused-ring (bicyclic) bond motifs is 2. The molecule has 0 atom stereocenters. The summed E-state index contributed by atoms with van der Waals surface area (Å²) in [5.74, 6) is 0.887. The minimum Gasteiger partial charge on any atom is -0.337 e. The molecule has 3 N–H and O–H groups in total. The molecule has 1 saturated carbocycles. The first-order valence-corrected chi connectivity index (χ1v) is 13.1. The van der Waals surface area contributed by atoms with E-state index in [2.05, 4.69) is 55.6 Å². The van der Waals surface area contributed by atoms with E-state index in [1.807, 2.05) is 24.3 Å². The minimum atomic E-state index is 0.0675. The van der Waals surface area contributed by atoms with Crippen molar-refractivity contribution in [2.24, 2.45) is 5.92 Å². The molecule has 0 spiro atoms. The van der Waals surface area contributed by atoms with Gasteiger partial charge in [-0.05, 0) is 50.1 Å². The second kappa shape index (κ2) is 8.63. The Morgan fingerprint density at radius 1 is 1.08 bits per heavy atom. The van der Waals surface area contributed by atoms with Crippen LogP contribution in [0.1, 0.15) is 24.1 Å². The molecule has 1 fully saturated rings. The number of carbonyl (C=O) groups is 1. The second-order valence-electron chi connectivity index (χ2n) is 9.47. The van der Waals surface area contributed by atoms with Gasteiger partial charge >= 0.3 is 0 Å². The third-order valence-electron chi connectivity index (χ3n) is 6.98. The zero-order chi connectivity index (χ0) is 24.9. The number of imidazole rings is 1. The largest absolute Gasteiger partial charge is 0.337 e. The van der Waals surface area contributed by atoms with E-state index in [0.717, 1.165) is 58.1 Å². The van der Waals surface area contributed by atoms with Gasteiger partial charge in [0.2, 0.25) is 5.91 Å². The summed E-state index contributed by atoms with van der Waals surface area (Å²) < 4.78 is 0. The highest BCUT2D eigenvalue weighted by Crippen LogP contribution is 2.35. The number of aryl methyl sites for hydroxylation is 1. The standard InChI is InChI=1S/C28H23N7OS/c1-15-8-9-23(37-15)20-6-3-7-22-24(20)33-27(32-22)25-21-11-18(13-30-26(21)35-34-25)17-10-19(14-29-12-17)31-28(36)16-4-2-5-16/h3,6-14,16H,2,4-5H2,1H3,(H,31,36)(H,32,33)(H,30,34,35). The van der Waals surface area contributed by atoms with Crippen molar-refractivity contribution in [3.05, 3.63) is 65.9 Å². The normalized spacial score (nSPS) is 13.8. The van der Waals surface area contributed by atoms with E-state index >= 15 is 0 Å². The Labute approximate surface area is 216 Å². The van der Waals surface area contributed by atoms with Gasteiger partial charge in [-0.2, -0.15) is 5.10 Å². The van der Waals surface area contributed by atoms with Gasteiger partial charge in [0.15, 0.2) is 11.5 Å². The number of para-hydroxylation sites is 1. The fourth-order valence-corrected chi connectivity index (χ4v) is 5.64. The average molecular weight is 506 g/mol. The SMILES string of the molecule is Cc1ccc(-c2cccc3[nH]c(-c4[nH]nc5ncc(-c6cncc(NC(=O)C7CCC7)c6)cc45)nc23)s1. The molecule has 7 rings (SSSR count). The van der Waals surface area contributed by atoms with Gasteiger partial charge < -0.3 is 10.3 Å². The molecule has 8 nitrogen and oxygen atoms in total. The molecule has 5 aromatic heterocycles. The Hall–Kier alpha value is -4.37. The Kier molecular flexibility index (Phi) is 5.10. The van der Waals surface area contributed by atoms with Gasteiger partial charge in [-0.15, -0.1) is 11.3 Å². The van der Waals surface area contributed by atoms with E-state index < -0.39 is 0 Å². The number of hydrogen-bond acceptors (Lipinski definition) is 6. The molecule has 6 aromatic rings. The Bertz CT molecular complexity index is 1790. The first kappa shape index (κ1) is 21.9. The molecule has 1 aliphatic carbocycles. The molecule has 0 unspecified atom stereocenters. The van der Waals surface area contributed by atoms with Crippen LogP contribution in [0.25, 0.3) is 55.2 Å². The number of carbonyl (C=O) groups excluding carboxylic acids is 1. The Balaban J connectivity index is 1.26. The summed E-state index contributed by atoms with van der Waals surface area (Å²) in [7, 11) is 0. The maximum Gasteiger partial charge on any atom is 0.227 e. The van der Waals surface area contributed by atoms with Gasteiger partial charge in [0, 0.05) is 44.8 Å². The van der Waals surface area contributed by atoms with Crippen molar-refractivity contribution < 1.29 is 4.79 Å². The van der Waals surface area contributed by atoms with Crippen LogP contribution in [-0.4, -0.2) is 36.0 Å². The van der Waals surface area contributed by atoms with Crippen molar-refractivity contribution in [3.8, 4) is 33.1 Å². The highest BCUT2D eigenvalue weighted by Gasteiger charge is 2.25. The van der Waals surface area contributed by atoms with Crippen molar-refractivity contribution in [1.29, 1.82) is 0 Å². The lowest BCUT2D eigenvalue weighted by Crippen LogP contribution is -2.28. The summed E-state index contributed by atoms with van der Waals surface area (Å²) in [6, 6.07) is 14.4. The van der Waals surface area contributed by atoms with Crippen molar-refractivity contribution in [2.75, 3.05) is 5.32 Å². The van der Waals surface area contributed by atoms with E-state index in [-0.39, 0.29) is 11.8 Å². The molecule has 0 saturated heterocycles. The number of amides is 1. The van der Waals surface area contributed by atoms with Gasteiger partial charge in [0.05, 0.1) is 28.3 Å². The fourth-order valence-electron chi connectivity index (χ4n) is 4.75. The molecule has 37 heavy (non-hydrogen) atoms. The van der Waals surface area contributed by atoms with Crippen LogP contribution in [0.15, 0.2) is 61.1 Å². The van der Waals surface area contributed by atoms with Gasteiger partial charge in [-0.25, -0.2) is 9.97 Å². The number of H-pyrrole nitrogens is 2. The molecular formula is C28H23N7OS. The lowest BCUT2D eigenvalue weighted by molar-refractivity contribution is -0.122. The smallest absolute Gasteiger partial charge is 0.227 e. The lowest BCUT2D eigenvalue weighted by atomic mass is 9.85. The Morgan fingerprint density at radius 2 is 1.97 bits per heavy atom. The van der Waals surface area contributed by atoms with Gasteiger partial charge in [-0.3, -0.25) is 14.9 Å². The van der Waals surface area contributed by atoms with Crippen LogP contribution in [0.4, 0.5) is 5.69 Å². The number of benzene rings is 1. The van der Waals surface area contributed by atoms with Crippen LogP contribution < -0.4 is 5.32 Å². The lowest BCUT2D eigenvalue weighted by Gasteiger charge is -2.24. The van der Waals surface area contributed by atoms with Gasteiger partial charge in [0.1, 0.15) is 5.69 Å². The highest BCUT2D eigenvalue weighted by atomic mass is 32.1. The van der Waals surface area contributed by atoms with Crippen LogP contribution in [-0.2, 0) is 4.79 Å². The Morgan fingerprint density at radius 3 is 2.78 bits per heavy atom. The third-order valence-corrected chi connectivity index (χ3v) is 8.01. The number of aromatic amines is 2. The summed E-state index contributed by atoms with van der Waals surface area (Å²) >= 11 is 1.76. The van der Waals surface area contributed by atoms with Crippen LogP contribution in [0.3, 0.4) is 0 Å². The molecular weight excluding hydrogens is 482 g/mol. The highest BCUT2D eigenvalue weighted by molar-refractivity contribution is 7.15. The molecule has 0 radical (unpaired) electrons. The molecule has 182 valence electrons. The summed E-state index contributed by atoms with van der Waals surface area (Å²) in [5, 5.41) is 11.4. The number of nitrogens with one attached hydrogen (secondary N) is 3. The number of aromatic nitrogens is 6. The van der Waals surface area contributed by atoms with E-state index in [9.17, 15) is 4.79 Å². The van der Waals surface area contributed by atoms with Crippen molar-refractivity contribution in [2.45, 2.75) is 26.2 Å². The molecule has 9 heteroatoms. The van der Waals surface area contributed by atoms with E-state index in [1.165, 1.54) is 9.75 Å². The molecule has 0 bridgehead atoms. The maximum atomic E-state index is 12.4. The zero-order valence-corrected chi connectivity index (χ0v) is 20.9. The zero-order valence-electron chi connectivity index (χ0n) is 20.1. The monoisotopic (exact) mass is 505 g/mol. The summed E-state index contributed by atoms with van der Waals surface area (Å²) in [5.41, 5.74) is 6.81. The summed E-state index contributed by atoms with van der Waals surface area (Å²) in [4.78, 5) is 32.2. The van der Waals surface area contributed by atoms with Gasteiger partial charge in [-0.1, -0.05) is 18.6 Å². The van der Waals surface area contributed by atoms with Crippen molar-refractivity contribution in [3.63, 3.8) is 0 Å². The quantitative estimate of drug-likeness (QED) is 0.253. The summed E-state index contributed by atoms with van der Waals surface area (Å²) in [6.45, 7) is 2.11. The number of anilines is 1. The number of hydrogen-bond donors (Lipinski definition) is 3. The number of nitrogens with zero attached hydrogens (tertiary/aromatic N) is 4. The van der Waals surface area contributed by atoms with Crippen LogP contribution in [0, 0.1) is 12.8 Å². The predicted molar refractivity (Wildman–Crippen MR) is 146 cm³/mol.